The Morgan fingerprint density at radius 3 is 2.42 bits per heavy atom. The van der Waals surface area contributed by atoms with E-state index in [1.165, 1.54) is 6.07 Å². The maximum Gasteiger partial charge on any atom is 0.141 e. The Bertz CT molecular complexity index is 396. The van der Waals surface area contributed by atoms with Gasteiger partial charge in [0.1, 0.15) is 17.7 Å². The van der Waals surface area contributed by atoms with Crippen LogP contribution in [0.4, 0.5) is 4.39 Å². The molecule has 108 valence electrons. The van der Waals surface area contributed by atoms with E-state index in [9.17, 15) is 4.39 Å². The fraction of sp³-hybridized carbons (Fsp3) is 0.600. The number of nitrogens with one attached hydrogen (secondary N) is 1. The lowest BCUT2D eigenvalue weighted by Crippen LogP contribution is -2.36. The van der Waals surface area contributed by atoms with Crippen LogP contribution in [0.1, 0.15) is 27.7 Å². The lowest BCUT2D eigenvalue weighted by Gasteiger charge is -2.23. The van der Waals surface area contributed by atoms with E-state index in [0.717, 1.165) is 13.1 Å². The molecular weight excluding hydrogens is 309 g/mol. The molecule has 1 unspecified atom stereocenters. The summed E-state index contributed by atoms with van der Waals surface area (Å²) in [6.07, 6.45) is 0.0410. The van der Waals surface area contributed by atoms with Gasteiger partial charge in [0.2, 0.25) is 0 Å². The highest BCUT2D eigenvalue weighted by Gasteiger charge is 2.15. The van der Waals surface area contributed by atoms with Gasteiger partial charge in [0.25, 0.3) is 0 Å². The third-order valence-electron chi connectivity index (χ3n) is 2.82. The lowest BCUT2D eigenvalue weighted by molar-refractivity contribution is 0.147. The van der Waals surface area contributed by atoms with E-state index in [4.69, 9.17) is 4.74 Å². The third kappa shape index (κ3) is 5.91. The number of halogens is 2. The molecular formula is C15H23BrFNO. The summed E-state index contributed by atoms with van der Waals surface area (Å²) < 4.78 is 19.8. The first-order valence-electron chi connectivity index (χ1n) is 6.72. The number of rotatable bonds is 7. The van der Waals surface area contributed by atoms with Gasteiger partial charge in [-0.1, -0.05) is 27.7 Å². The molecule has 1 N–H and O–H groups in total. The lowest BCUT2D eigenvalue weighted by atomic mass is 10.1. The Balaban J connectivity index is 2.59. The molecule has 0 aliphatic carbocycles. The van der Waals surface area contributed by atoms with E-state index >= 15 is 0 Å². The molecule has 1 aromatic rings. The highest BCUT2D eigenvalue weighted by atomic mass is 79.9. The highest BCUT2D eigenvalue weighted by molar-refractivity contribution is 9.10. The van der Waals surface area contributed by atoms with Gasteiger partial charge in [0, 0.05) is 12.6 Å². The Hall–Kier alpha value is -0.610. The molecule has 0 radical (unpaired) electrons. The molecule has 0 fully saturated rings. The predicted octanol–water partition coefficient (Wildman–Crippen LogP) is 4.24. The van der Waals surface area contributed by atoms with Crippen LogP contribution in [0.15, 0.2) is 22.7 Å². The minimum atomic E-state index is -0.296. The fourth-order valence-electron chi connectivity index (χ4n) is 1.65. The molecule has 19 heavy (non-hydrogen) atoms. The smallest absolute Gasteiger partial charge is 0.141 e. The normalized spacial score (nSPS) is 13.1. The van der Waals surface area contributed by atoms with Crippen LogP contribution in [-0.2, 0) is 0 Å². The van der Waals surface area contributed by atoms with E-state index in [1.54, 1.807) is 12.1 Å². The Morgan fingerprint density at radius 2 is 1.89 bits per heavy atom. The van der Waals surface area contributed by atoms with Crippen molar-refractivity contribution >= 4 is 15.9 Å². The summed E-state index contributed by atoms with van der Waals surface area (Å²) in [5.74, 6) is 1.25. The Labute approximate surface area is 123 Å². The zero-order valence-electron chi connectivity index (χ0n) is 12.0. The SMILES string of the molecule is CC(C)CNCC(Oc1ccc(Br)c(F)c1)C(C)C. The first kappa shape index (κ1) is 16.4. The van der Waals surface area contributed by atoms with Crippen molar-refractivity contribution in [3.63, 3.8) is 0 Å². The van der Waals surface area contributed by atoms with Crippen LogP contribution in [0, 0.1) is 17.7 Å². The van der Waals surface area contributed by atoms with Crippen LogP contribution in [0.3, 0.4) is 0 Å². The van der Waals surface area contributed by atoms with Crippen LogP contribution < -0.4 is 10.1 Å². The molecule has 0 amide bonds. The van der Waals surface area contributed by atoms with Crippen molar-refractivity contribution in [3.8, 4) is 5.75 Å². The summed E-state index contributed by atoms with van der Waals surface area (Å²) in [5.41, 5.74) is 0. The third-order valence-corrected chi connectivity index (χ3v) is 3.46. The van der Waals surface area contributed by atoms with Gasteiger partial charge < -0.3 is 10.1 Å². The topological polar surface area (TPSA) is 21.3 Å². The molecule has 0 spiro atoms. The molecule has 0 aliphatic rings. The Morgan fingerprint density at radius 1 is 1.21 bits per heavy atom. The van der Waals surface area contributed by atoms with E-state index < -0.39 is 0 Å². The zero-order chi connectivity index (χ0) is 14.4. The number of ether oxygens (including phenoxy) is 1. The second-order valence-corrected chi connectivity index (χ2v) is 6.38. The molecule has 0 aromatic heterocycles. The largest absolute Gasteiger partial charge is 0.489 e. The standard InChI is InChI=1S/C15H23BrFNO/c1-10(2)8-18-9-15(11(3)4)19-12-5-6-13(16)14(17)7-12/h5-7,10-11,15,18H,8-9H2,1-4H3. The second-order valence-electron chi connectivity index (χ2n) is 5.53. The molecule has 0 saturated carbocycles. The van der Waals surface area contributed by atoms with E-state index in [-0.39, 0.29) is 11.9 Å². The van der Waals surface area contributed by atoms with Crippen LogP contribution >= 0.6 is 15.9 Å². The van der Waals surface area contributed by atoms with E-state index in [0.29, 0.717) is 22.1 Å². The van der Waals surface area contributed by atoms with Crippen molar-refractivity contribution in [1.29, 1.82) is 0 Å². The predicted molar refractivity (Wildman–Crippen MR) is 81.1 cm³/mol. The molecule has 4 heteroatoms. The van der Waals surface area contributed by atoms with Gasteiger partial charge in [-0.25, -0.2) is 4.39 Å². The minimum Gasteiger partial charge on any atom is -0.489 e. The number of hydrogen-bond donors (Lipinski definition) is 1. The van der Waals surface area contributed by atoms with Gasteiger partial charge in [0.15, 0.2) is 0 Å². The van der Waals surface area contributed by atoms with E-state index in [2.05, 4.69) is 48.9 Å². The quantitative estimate of drug-likeness (QED) is 0.806. The summed E-state index contributed by atoms with van der Waals surface area (Å²) in [6, 6.07) is 4.87. The summed E-state index contributed by atoms with van der Waals surface area (Å²) in [5, 5.41) is 3.38. The number of benzene rings is 1. The minimum absolute atomic E-state index is 0.0410. The van der Waals surface area contributed by atoms with Gasteiger partial charge in [-0.15, -0.1) is 0 Å². The monoisotopic (exact) mass is 331 g/mol. The first-order valence-corrected chi connectivity index (χ1v) is 7.52. The van der Waals surface area contributed by atoms with Crippen molar-refractivity contribution in [2.75, 3.05) is 13.1 Å². The maximum atomic E-state index is 13.4. The fourth-order valence-corrected chi connectivity index (χ4v) is 1.90. The van der Waals surface area contributed by atoms with Crippen LogP contribution in [0.2, 0.25) is 0 Å². The van der Waals surface area contributed by atoms with Gasteiger partial charge in [-0.05, 0) is 46.4 Å². The summed E-state index contributed by atoms with van der Waals surface area (Å²) in [4.78, 5) is 0. The average Bonchev–Trinajstić information content (AvgIpc) is 2.32. The number of hydrogen-bond acceptors (Lipinski definition) is 2. The van der Waals surface area contributed by atoms with Gasteiger partial charge >= 0.3 is 0 Å². The van der Waals surface area contributed by atoms with Crippen molar-refractivity contribution in [2.24, 2.45) is 11.8 Å². The van der Waals surface area contributed by atoms with Crippen molar-refractivity contribution in [3.05, 3.63) is 28.5 Å². The van der Waals surface area contributed by atoms with Crippen LogP contribution in [0.25, 0.3) is 0 Å². The molecule has 1 atom stereocenters. The molecule has 0 saturated heterocycles. The second kappa shape index (κ2) is 7.85. The van der Waals surface area contributed by atoms with Crippen molar-refractivity contribution < 1.29 is 9.13 Å². The van der Waals surface area contributed by atoms with Gasteiger partial charge in [-0.3, -0.25) is 0 Å². The summed E-state index contributed by atoms with van der Waals surface area (Å²) in [6.45, 7) is 10.3. The highest BCUT2D eigenvalue weighted by Crippen LogP contribution is 2.22. The van der Waals surface area contributed by atoms with Crippen LogP contribution in [-0.4, -0.2) is 19.2 Å². The molecule has 0 heterocycles. The van der Waals surface area contributed by atoms with Crippen molar-refractivity contribution in [2.45, 2.75) is 33.8 Å². The Kier molecular flexibility index (Phi) is 6.80. The zero-order valence-corrected chi connectivity index (χ0v) is 13.6. The van der Waals surface area contributed by atoms with Gasteiger partial charge in [-0.2, -0.15) is 0 Å². The van der Waals surface area contributed by atoms with Crippen molar-refractivity contribution in [1.82, 2.24) is 5.32 Å². The molecule has 1 rings (SSSR count). The molecule has 0 aliphatic heterocycles. The molecule has 1 aromatic carbocycles. The van der Waals surface area contributed by atoms with Gasteiger partial charge in [0.05, 0.1) is 4.47 Å². The molecule has 0 bridgehead atoms. The van der Waals surface area contributed by atoms with E-state index in [1.807, 2.05) is 0 Å². The first-order chi connectivity index (χ1) is 8.90. The summed E-state index contributed by atoms with van der Waals surface area (Å²) >= 11 is 3.14. The van der Waals surface area contributed by atoms with Crippen LogP contribution in [0.5, 0.6) is 5.75 Å². The summed E-state index contributed by atoms with van der Waals surface area (Å²) in [7, 11) is 0. The molecule has 2 nitrogen and oxygen atoms in total. The average molecular weight is 332 g/mol. The maximum absolute atomic E-state index is 13.4.